The molecule has 14 heavy (non-hydrogen) atoms. The highest BCUT2D eigenvalue weighted by molar-refractivity contribution is 8.02. The van der Waals surface area contributed by atoms with E-state index in [1.54, 1.807) is 0 Å². The first-order valence-electron chi connectivity index (χ1n) is 5.68. The lowest BCUT2D eigenvalue weighted by Gasteiger charge is -2.47. The van der Waals surface area contributed by atoms with Gasteiger partial charge in [0.1, 0.15) is 0 Å². The van der Waals surface area contributed by atoms with Crippen LogP contribution in [0.1, 0.15) is 39.5 Å². The Labute approximate surface area is 90.8 Å². The molecule has 2 aliphatic rings. The van der Waals surface area contributed by atoms with Gasteiger partial charge in [0.25, 0.3) is 0 Å². The molecular formula is C11H21NOS. The average Bonchev–Trinajstić information content (AvgIpc) is 2.15. The summed E-state index contributed by atoms with van der Waals surface area (Å²) >= 11 is 2.02. The number of aliphatic hydroxyl groups is 1. The summed E-state index contributed by atoms with van der Waals surface area (Å²) in [6.07, 6.45) is 4.50. The molecule has 1 heterocycles. The largest absolute Gasteiger partial charge is 0.392 e. The van der Waals surface area contributed by atoms with E-state index in [0.29, 0.717) is 16.8 Å². The highest BCUT2D eigenvalue weighted by Crippen LogP contribution is 2.40. The fourth-order valence-electron chi connectivity index (χ4n) is 2.31. The molecule has 3 atom stereocenters. The molecule has 0 spiro atoms. The Hall–Kier alpha value is 0.270. The van der Waals surface area contributed by atoms with Gasteiger partial charge in [-0.1, -0.05) is 12.8 Å². The lowest BCUT2D eigenvalue weighted by atomic mass is 9.91. The van der Waals surface area contributed by atoms with Crippen LogP contribution < -0.4 is 5.32 Å². The molecule has 1 aliphatic heterocycles. The molecule has 2 fully saturated rings. The van der Waals surface area contributed by atoms with Gasteiger partial charge in [-0.25, -0.2) is 0 Å². The van der Waals surface area contributed by atoms with Crippen molar-refractivity contribution in [1.29, 1.82) is 0 Å². The second-order valence-corrected chi connectivity index (χ2v) is 6.77. The van der Waals surface area contributed by atoms with Crippen molar-refractivity contribution < 1.29 is 5.11 Å². The zero-order valence-corrected chi connectivity index (χ0v) is 9.94. The van der Waals surface area contributed by atoms with Crippen LogP contribution in [0, 0.1) is 0 Å². The maximum absolute atomic E-state index is 9.84. The summed E-state index contributed by atoms with van der Waals surface area (Å²) in [4.78, 5) is 0. The van der Waals surface area contributed by atoms with Gasteiger partial charge in [-0.3, -0.25) is 0 Å². The fourth-order valence-corrected chi connectivity index (χ4v) is 3.48. The molecule has 0 aromatic rings. The summed E-state index contributed by atoms with van der Waals surface area (Å²) in [5.74, 6) is 1.20. The average molecular weight is 215 g/mol. The highest BCUT2D eigenvalue weighted by Gasteiger charge is 2.41. The third-order valence-electron chi connectivity index (χ3n) is 3.61. The monoisotopic (exact) mass is 215 g/mol. The van der Waals surface area contributed by atoms with Gasteiger partial charge in [0, 0.05) is 22.6 Å². The quantitative estimate of drug-likeness (QED) is 0.736. The van der Waals surface area contributed by atoms with Gasteiger partial charge < -0.3 is 10.4 Å². The van der Waals surface area contributed by atoms with Crippen molar-refractivity contribution in [3.63, 3.8) is 0 Å². The zero-order chi connectivity index (χ0) is 10.2. The summed E-state index contributed by atoms with van der Waals surface area (Å²) in [5, 5.41) is 13.5. The molecule has 1 saturated heterocycles. The summed E-state index contributed by atoms with van der Waals surface area (Å²) in [6, 6.07) is 0.958. The molecule has 0 aromatic carbocycles. The summed E-state index contributed by atoms with van der Waals surface area (Å²) in [6.45, 7) is 4.57. The SMILES string of the molecule is CC1(C)SCC1N[C@@H]1CCCC[C@H]1O. The van der Waals surface area contributed by atoms with E-state index in [0.717, 1.165) is 12.8 Å². The van der Waals surface area contributed by atoms with Crippen molar-refractivity contribution >= 4 is 11.8 Å². The maximum atomic E-state index is 9.84. The van der Waals surface area contributed by atoms with E-state index in [9.17, 15) is 5.11 Å². The number of hydrogen-bond donors (Lipinski definition) is 2. The molecule has 0 aromatic heterocycles. The third kappa shape index (κ3) is 2.10. The Morgan fingerprint density at radius 3 is 2.50 bits per heavy atom. The van der Waals surface area contributed by atoms with Crippen LogP contribution in [0.4, 0.5) is 0 Å². The van der Waals surface area contributed by atoms with Crippen LogP contribution in [0.5, 0.6) is 0 Å². The van der Waals surface area contributed by atoms with Gasteiger partial charge in [0.05, 0.1) is 6.10 Å². The van der Waals surface area contributed by atoms with Crippen LogP contribution in [0.3, 0.4) is 0 Å². The molecule has 1 saturated carbocycles. The summed E-state index contributed by atoms with van der Waals surface area (Å²) in [7, 11) is 0. The molecule has 0 radical (unpaired) electrons. The Morgan fingerprint density at radius 1 is 1.29 bits per heavy atom. The first-order chi connectivity index (χ1) is 6.59. The highest BCUT2D eigenvalue weighted by atomic mass is 32.2. The van der Waals surface area contributed by atoms with Crippen molar-refractivity contribution in [2.45, 2.75) is 62.5 Å². The molecule has 3 heteroatoms. The fraction of sp³-hybridized carbons (Fsp3) is 1.00. The summed E-state index contributed by atoms with van der Waals surface area (Å²) in [5.41, 5.74) is 0. The van der Waals surface area contributed by atoms with Gasteiger partial charge in [-0.05, 0) is 26.7 Å². The van der Waals surface area contributed by atoms with E-state index in [1.165, 1.54) is 18.6 Å². The van der Waals surface area contributed by atoms with Crippen LogP contribution in [0.2, 0.25) is 0 Å². The minimum atomic E-state index is -0.106. The third-order valence-corrected chi connectivity index (χ3v) is 5.13. The Bertz CT molecular complexity index is 207. The van der Waals surface area contributed by atoms with E-state index < -0.39 is 0 Å². The summed E-state index contributed by atoms with van der Waals surface area (Å²) < 4.78 is 0.372. The first kappa shape index (κ1) is 10.8. The molecule has 0 amide bonds. The van der Waals surface area contributed by atoms with Crippen LogP contribution in [0.25, 0.3) is 0 Å². The minimum Gasteiger partial charge on any atom is -0.392 e. The van der Waals surface area contributed by atoms with Crippen LogP contribution in [0.15, 0.2) is 0 Å². The van der Waals surface area contributed by atoms with Crippen molar-refractivity contribution in [1.82, 2.24) is 5.32 Å². The molecule has 1 unspecified atom stereocenters. The van der Waals surface area contributed by atoms with Crippen molar-refractivity contribution in [3.05, 3.63) is 0 Å². The zero-order valence-electron chi connectivity index (χ0n) is 9.12. The minimum absolute atomic E-state index is 0.106. The van der Waals surface area contributed by atoms with Crippen molar-refractivity contribution in [2.24, 2.45) is 0 Å². The number of rotatable bonds is 2. The van der Waals surface area contributed by atoms with Crippen LogP contribution >= 0.6 is 11.8 Å². The van der Waals surface area contributed by atoms with Gasteiger partial charge >= 0.3 is 0 Å². The van der Waals surface area contributed by atoms with E-state index in [2.05, 4.69) is 19.2 Å². The first-order valence-corrected chi connectivity index (χ1v) is 6.66. The normalized spacial score (nSPS) is 41.8. The number of aliphatic hydroxyl groups excluding tert-OH is 1. The number of hydrogen-bond acceptors (Lipinski definition) is 3. The molecule has 2 nitrogen and oxygen atoms in total. The molecule has 2 N–H and O–H groups in total. The van der Waals surface area contributed by atoms with E-state index >= 15 is 0 Å². The number of nitrogens with one attached hydrogen (secondary N) is 1. The molecule has 2 rings (SSSR count). The Morgan fingerprint density at radius 2 is 2.00 bits per heavy atom. The molecule has 1 aliphatic carbocycles. The molecular weight excluding hydrogens is 194 g/mol. The Kier molecular flexibility index (Phi) is 3.10. The predicted molar refractivity (Wildman–Crippen MR) is 61.7 cm³/mol. The van der Waals surface area contributed by atoms with E-state index in [1.807, 2.05) is 11.8 Å². The second-order valence-electron chi connectivity index (χ2n) is 5.09. The van der Waals surface area contributed by atoms with Crippen LogP contribution in [-0.2, 0) is 0 Å². The predicted octanol–water partition coefficient (Wildman–Crippen LogP) is 1.77. The van der Waals surface area contributed by atoms with Gasteiger partial charge in [-0.15, -0.1) is 0 Å². The second kappa shape index (κ2) is 4.03. The molecule has 82 valence electrons. The van der Waals surface area contributed by atoms with E-state index in [4.69, 9.17) is 0 Å². The number of thioether (sulfide) groups is 1. The topological polar surface area (TPSA) is 32.3 Å². The van der Waals surface area contributed by atoms with Crippen molar-refractivity contribution in [2.75, 3.05) is 5.75 Å². The van der Waals surface area contributed by atoms with Gasteiger partial charge in [-0.2, -0.15) is 11.8 Å². The molecule has 0 bridgehead atoms. The van der Waals surface area contributed by atoms with E-state index in [-0.39, 0.29) is 6.10 Å². The van der Waals surface area contributed by atoms with Gasteiger partial charge in [0.2, 0.25) is 0 Å². The van der Waals surface area contributed by atoms with Crippen LogP contribution in [-0.4, -0.2) is 33.8 Å². The maximum Gasteiger partial charge on any atom is 0.0693 e. The smallest absolute Gasteiger partial charge is 0.0693 e. The lowest BCUT2D eigenvalue weighted by Crippen LogP contribution is -2.60. The van der Waals surface area contributed by atoms with Crippen molar-refractivity contribution in [3.8, 4) is 0 Å². The lowest BCUT2D eigenvalue weighted by molar-refractivity contribution is 0.0830. The standard InChI is InChI=1S/C11H21NOS/c1-11(2)10(7-14-11)12-8-5-3-4-6-9(8)13/h8-10,12-13H,3-7H2,1-2H3/t8-,9-,10?/m1/s1. The van der Waals surface area contributed by atoms with Gasteiger partial charge in [0.15, 0.2) is 0 Å². The Balaban J connectivity index is 1.84.